The van der Waals surface area contributed by atoms with Crippen LogP contribution in [0.1, 0.15) is 38.1 Å². The van der Waals surface area contributed by atoms with Crippen LogP contribution in [0.4, 0.5) is 0 Å². The van der Waals surface area contributed by atoms with E-state index in [0.717, 1.165) is 5.75 Å². The normalized spacial score (nSPS) is 18.4. The molecule has 0 fully saturated rings. The standard InChI is InChI=1S/C26H32OS2Si/c1-9-13-27-22-20(26(4,5)6)11-10-12-21(22)30(7,8)25-23-18(14-16(2)28-23)19-15-17(3)29-24(19)25/h9-12,14-15,23H,1,13H2,2-8H3. The second-order valence-corrected chi connectivity index (χ2v) is 16.8. The molecule has 0 N–H and O–H groups in total. The fraction of sp³-hybridized carbons (Fsp3) is 0.385. The molecule has 2 aliphatic rings. The van der Waals surface area contributed by atoms with Crippen molar-refractivity contribution < 1.29 is 4.74 Å². The highest BCUT2D eigenvalue weighted by molar-refractivity contribution is 8.05. The molecule has 0 saturated heterocycles. The van der Waals surface area contributed by atoms with Crippen molar-refractivity contribution in [1.29, 1.82) is 0 Å². The van der Waals surface area contributed by atoms with Gasteiger partial charge in [0.15, 0.2) is 0 Å². The van der Waals surface area contributed by atoms with Crippen molar-refractivity contribution in [3.63, 3.8) is 0 Å². The number of benzene rings is 1. The summed E-state index contributed by atoms with van der Waals surface area (Å²) in [5, 5.41) is 5.02. The van der Waals surface area contributed by atoms with E-state index in [9.17, 15) is 0 Å². The van der Waals surface area contributed by atoms with Crippen LogP contribution in [-0.4, -0.2) is 19.9 Å². The molecule has 1 aliphatic carbocycles. The summed E-state index contributed by atoms with van der Waals surface area (Å²) in [4.78, 5) is 2.83. The third-order valence-corrected chi connectivity index (χ3v) is 12.4. The first kappa shape index (κ1) is 21.7. The monoisotopic (exact) mass is 452 g/mol. The Hall–Kier alpha value is -1.49. The molecule has 0 spiro atoms. The van der Waals surface area contributed by atoms with E-state index in [4.69, 9.17) is 4.74 Å². The number of thioether (sulfide) groups is 1. The number of aryl methyl sites for hydroxylation is 1. The van der Waals surface area contributed by atoms with Gasteiger partial charge in [0.05, 0.1) is 5.25 Å². The van der Waals surface area contributed by atoms with Crippen molar-refractivity contribution in [3.8, 4) is 5.75 Å². The summed E-state index contributed by atoms with van der Waals surface area (Å²) in [5.41, 5.74) is 2.84. The average Bonchev–Trinajstić information content (AvgIpc) is 3.27. The van der Waals surface area contributed by atoms with Crippen molar-refractivity contribution in [2.45, 2.75) is 58.4 Å². The maximum absolute atomic E-state index is 6.40. The molecular formula is C26H32OS2Si. The summed E-state index contributed by atoms with van der Waals surface area (Å²) < 4.78 is 7.92. The van der Waals surface area contributed by atoms with Crippen LogP contribution < -0.4 is 19.7 Å². The zero-order valence-electron chi connectivity index (χ0n) is 19.2. The van der Waals surface area contributed by atoms with Crippen LogP contribution >= 0.6 is 23.1 Å². The van der Waals surface area contributed by atoms with Gasteiger partial charge in [0.2, 0.25) is 0 Å². The van der Waals surface area contributed by atoms with E-state index >= 15 is 0 Å². The molecule has 1 unspecified atom stereocenters. The number of para-hydroxylation sites is 1. The Morgan fingerprint density at radius 2 is 1.93 bits per heavy atom. The summed E-state index contributed by atoms with van der Waals surface area (Å²) in [6, 6.07) is 9.19. The maximum atomic E-state index is 6.40. The first-order valence-corrected chi connectivity index (χ1v) is 15.3. The Kier molecular flexibility index (Phi) is 5.49. The molecule has 4 rings (SSSR count). The van der Waals surface area contributed by atoms with Gasteiger partial charge >= 0.3 is 0 Å². The quantitative estimate of drug-likeness (QED) is 0.443. The van der Waals surface area contributed by atoms with Crippen LogP contribution in [0.25, 0.3) is 10.8 Å². The van der Waals surface area contributed by atoms with E-state index in [1.54, 1.807) is 5.20 Å². The first-order chi connectivity index (χ1) is 14.1. The van der Waals surface area contributed by atoms with Crippen LogP contribution in [0, 0.1) is 6.92 Å². The number of ether oxygens (including phenoxy) is 1. The Labute approximate surface area is 190 Å². The predicted octanol–water partition coefficient (Wildman–Crippen LogP) is 5.41. The van der Waals surface area contributed by atoms with Gasteiger partial charge in [-0.25, -0.2) is 0 Å². The van der Waals surface area contributed by atoms with Gasteiger partial charge in [0, 0.05) is 9.41 Å². The number of hydrogen-bond acceptors (Lipinski definition) is 3. The molecule has 2 aromatic rings. The summed E-state index contributed by atoms with van der Waals surface area (Å²) in [6.07, 6.45) is 4.27. The van der Waals surface area contributed by atoms with E-state index in [1.165, 1.54) is 35.9 Å². The molecule has 2 heterocycles. The zero-order valence-corrected chi connectivity index (χ0v) is 21.8. The van der Waals surface area contributed by atoms with Crippen molar-refractivity contribution in [1.82, 2.24) is 0 Å². The molecule has 1 aromatic carbocycles. The van der Waals surface area contributed by atoms with Crippen LogP contribution in [0.2, 0.25) is 13.1 Å². The van der Waals surface area contributed by atoms with Crippen molar-refractivity contribution in [3.05, 3.63) is 68.1 Å². The van der Waals surface area contributed by atoms with Crippen LogP contribution in [0.3, 0.4) is 0 Å². The fourth-order valence-electron chi connectivity index (χ4n) is 4.73. The Bertz CT molecular complexity index is 1170. The predicted molar refractivity (Wildman–Crippen MR) is 138 cm³/mol. The van der Waals surface area contributed by atoms with E-state index in [0.29, 0.717) is 11.9 Å². The molecule has 0 radical (unpaired) electrons. The van der Waals surface area contributed by atoms with E-state index in [-0.39, 0.29) is 5.41 Å². The number of fused-ring (bicyclic) bond motifs is 2. The summed E-state index contributed by atoms with van der Waals surface area (Å²) in [6.45, 7) is 20.8. The second kappa shape index (κ2) is 7.58. The minimum absolute atomic E-state index is 0.0273. The minimum atomic E-state index is -2.01. The summed E-state index contributed by atoms with van der Waals surface area (Å²) in [7, 11) is -2.01. The minimum Gasteiger partial charge on any atom is -0.489 e. The smallest absolute Gasteiger partial charge is 0.123 e. The Morgan fingerprint density at radius 1 is 1.20 bits per heavy atom. The molecule has 0 bridgehead atoms. The van der Waals surface area contributed by atoms with E-state index in [2.05, 4.69) is 84.6 Å². The van der Waals surface area contributed by atoms with Crippen LogP contribution in [0.5, 0.6) is 5.75 Å². The molecule has 0 saturated carbocycles. The Balaban J connectivity index is 1.97. The highest BCUT2D eigenvalue weighted by atomic mass is 32.2. The first-order valence-electron chi connectivity index (χ1n) is 10.6. The summed E-state index contributed by atoms with van der Waals surface area (Å²) >= 11 is 4.01. The third-order valence-electron chi connectivity index (χ3n) is 6.13. The molecular weight excluding hydrogens is 421 g/mol. The highest BCUT2D eigenvalue weighted by Crippen LogP contribution is 2.46. The van der Waals surface area contributed by atoms with Gasteiger partial charge in [-0.05, 0) is 63.0 Å². The van der Waals surface area contributed by atoms with Gasteiger partial charge in [0.25, 0.3) is 0 Å². The largest absolute Gasteiger partial charge is 0.489 e. The average molecular weight is 453 g/mol. The van der Waals surface area contributed by atoms with Crippen molar-refractivity contribution in [2.24, 2.45) is 0 Å². The SMILES string of the molecule is C=CCOc1c(C(C)(C)C)cccc1[Si](C)(C)C1=c2sc(C)cc2=C2C=C(C)SC21. The molecule has 4 heteroatoms. The number of thiophene rings is 1. The lowest BCUT2D eigenvalue weighted by atomic mass is 9.86. The molecule has 1 nitrogen and oxygen atoms in total. The van der Waals surface area contributed by atoms with Crippen molar-refractivity contribution >= 4 is 47.1 Å². The van der Waals surface area contributed by atoms with E-state index in [1.807, 2.05) is 29.2 Å². The van der Waals surface area contributed by atoms with Gasteiger partial charge in [-0.15, -0.1) is 23.1 Å². The number of rotatable bonds is 5. The molecule has 158 valence electrons. The fourth-order valence-corrected chi connectivity index (χ4v) is 12.0. The molecule has 0 amide bonds. The lowest BCUT2D eigenvalue weighted by molar-refractivity contribution is 0.354. The summed E-state index contributed by atoms with van der Waals surface area (Å²) in [5.74, 6) is 1.09. The zero-order chi connectivity index (χ0) is 21.8. The van der Waals surface area contributed by atoms with Gasteiger partial charge in [-0.2, -0.15) is 0 Å². The second-order valence-electron chi connectivity index (χ2n) is 9.88. The van der Waals surface area contributed by atoms with Gasteiger partial charge in [-0.3, -0.25) is 0 Å². The van der Waals surface area contributed by atoms with Gasteiger partial charge in [-0.1, -0.05) is 64.7 Å². The highest BCUT2D eigenvalue weighted by Gasteiger charge is 2.43. The molecule has 1 atom stereocenters. The van der Waals surface area contributed by atoms with Crippen LogP contribution in [-0.2, 0) is 5.41 Å². The van der Waals surface area contributed by atoms with Gasteiger partial charge < -0.3 is 4.74 Å². The lowest BCUT2D eigenvalue weighted by Gasteiger charge is -2.33. The molecule has 30 heavy (non-hydrogen) atoms. The van der Waals surface area contributed by atoms with E-state index < -0.39 is 8.07 Å². The lowest BCUT2D eigenvalue weighted by Crippen LogP contribution is -2.48. The maximum Gasteiger partial charge on any atom is 0.123 e. The number of hydrogen-bond donors (Lipinski definition) is 0. The molecule has 1 aliphatic heterocycles. The van der Waals surface area contributed by atoms with Crippen LogP contribution in [0.15, 0.2) is 47.9 Å². The third kappa shape index (κ3) is 3.47. The molecule has 1 aromatic heterocycles. The van der Waals surface area contributed by atoms with Gasteiger partial charge in [0.1, 0.15) is 20.4 Å². The van der Waals surface area contributed by atoms with Crippen molar-refractivity contribution in [2.75, 3.05) is 6.61 Å². The number of allylic oxidation sites excluding steroid dienone is 2. The Morgan fingerprint density at radius 3 is 2.60 bits per heavy atom. The topological polar surface area (TPSA) is 9.23 Å².